The van der Waals surface area contributed by atoms with Crippen molar-refractivity contribution in [2.45, 2.75) is 32.7 Å². The first-order chi connectivity index (χ1) is 10.0. The van der Waals surface area contributed by atoms with E-state index in [4.69, 9.17) is 4.74 Å². The summed E-state index contributed by atoms with van der Waals surface area (Å²) in [5.74, 6) is -0.163. The molecule has 3 nitrogen and oxygen atoms in total. The minimum absolute atomic E-state index is 0.0551. The number of benzene rings is 1. The average molecular weight is 294 g/mol. The van der Waals surface area contributed by atoms with Crippen LogP contribution in [0.5, 0.6) is 0 Å². The Labute approximate surface area is 127 Å². The molecule has 21 heavy (non-hydrogen) atoms. The maximum atomic E-state index is 13.9. The molecule has 1 fully saturated rings. The van der Waals surface area contributed by atoms with Crippen molar-refractivity contribution in [2.24, 2.45) is 5.41 Å². The summed E-state index contributed by atoms with van der Waals surface area (Å²) >= 11 is 0. The van der Waals surface area contributed by atoms with Crippen molar-refractivity contribution in [1.29, 1.82) is 0 Å². The molecule has 0 radical (unpaired) electrons. The quantitative estimate of drug-likeness (QED) is 0.872. The summed E-state index contributed by atoms with van der Waals surface area (Å²) in [6.45, 7) is 7.59. The zero-order chi connectivity index (χ0) is 15.3. The fourth-order valence-corrected chi connectivity index (χ4v) is 3.00. The van der Waals surface area contributed by atoms with Gasteiger partial charge >= 0.3 is 0 Å². The highest BCUT2D eigenvalue weighted by molar-refractivity contribution is 5.47. The van der Waals surface area contributed by atoms with Gasteiger partial charge in [0.2, 0.25) is 0 Å². The zero-order valence-electron chi connectivity index (χ0n) is 13.4. The fraction of sp³-hybridized carbons (Fsp3) is 0.647. The lowest BCUT2D eigenvalue weighted by atomic mass is 9.81. The van der Waals surface area contributed by atoms with Gasteiger partial charge in [0, 0.05) is 38.2 Å². The molecule has 1 unspecified atom stereocenters. The molecule has 118 valence electrons. The Bertz CT molecular complexity index is 444. The monoisotopic (exact) mass is 294 g/mol. The van der Waals surface area contributed by atoms with E-state index in [2.05, 4.69) is 19.2 Å². The van der Waals surface area contributed by atoms with E-state index in [0.29, 0.717) is 11.7 Å². The van der Waals surface area contributed by atoms with Gasteiger partial charge in [-0.25, -0.2) is 4.39 Å². The Kier molecular flexibility index (Phi) is 5.59. The van der Waals surface area contributed by atoms with E-state index in [9.17, 15) is 4.39 Å². The van der Waals surface area contributed by atoms with Crippen LogP contribution in [0.3, 0.4) is 0 Å². The van der Waals surface area contributed by atoms with E-state index in [1.807, 2.05) is 24.1 Å². The van der Waals surface area contributed by atoms with Crippen LogP contribution >= 0.6 is 0 Å². The van der Waals surface area contributed by atoms with E-state index in [1.54, 1.807) is 6.07 Å². The lowest BCUT2D eigenvalue weighted by molar-refractivity contribution is -0.00364. The predicted octanol–water partition coefficient (Wildman–Crippen LogP) is 3.06. The molecule has 2 rings (SSSR count). The number of para-hydroxylation sites is 1. The summed E-state index contributed by atoms with van der Waals surface area (Å²) < 4.78 is 19.7. The van der Waals surface area contributed by atoms with Crippen molar-refractivity contribution in [3.63, 3.8) is 0 Å². The van der Waals surface area contributed by atoms with Crippen LogP contribution in [0.25, 0.3) is 0 Å². The number of hydrogen-bond acceptors (Lipinski definition) is 3. The summed E-state index contributed by atoms with van der Waals surface area (Å²) in [6.07, 6.45) is 2.19. The average Bonchev–Trinajstić information content (AvgIpc) is 2.46. The molecule has 0 saturated carbocycles. The van der Waals surface area contributed by atoms with Crippen LogP contribution in [-0.2, 0) is 4.74 Å². The van der Waals surface area contributed by atoms with E-state index in [1.165, 1.54) is 6.07 Å². The molecule has 0 aliphatic carbocycles. The minimum atomic E-state index is -0.163. The number of ether oxygens (including phenoxy) is 1. The maximum absolute atomic E-state index is 13.9. The van der Waals surface area contributed by atoms with Crippen molar-refractivity contribution >= 4 is 5.69 Å². The first-order valence-electron chi connectivity index (χ1n) is 7.79. The summed E-state index contributed by atoms with van der Waals surface area (Å²) in [7, 11) is 1.96. The third-order valence-corrected chi connectivity index (χ3v) is 4.13. The van der Waals surface area contributed by atoms with Crippen LogP contribution in [-0.4, -0.2) is 39.4 Å². The van der Waals surface area contributed by atoms with Crippen molar-refractivity contribution in [3.05, 3.63) is 30.1 Å². The van der Waals surface area contributed by atoms with Crippen LogP contribution < -0.4 is 10.2 Å². The molecule has 1 heterocycles. The van der Waals surface area contributed by atoms with Gasteiger partial charge < -0.3 is 15.0 Å². The summed E-state index contributed by atoms with van der Waals surface area (Å²) in [5, 5.41) is 3.53. The van der Waals surface area contributed by atoms with Gasteiger partial charge in [-0.3, -0.25) is 0 Å². The van der Waals surface area contributed by atoms with Gasteiger partial charge in [-0.15, -0.1) is 0 Å². The Hall–Kier alpha value is -1.13. The van der Waals surface area contributed by atoms with Crippen molar-refractivity contribution in [2.75, 3.05) is 38.3 Å². The van der Waals surface area contributed by atoms with Gasteiger partial charge in [-0.05, 0) is 25.0 Å². The molecule has 0 bridgehead atoms. The molecule has 0 spiro atoms. The topological polar surface area (TPSA) is 24.5 Å². The van der Waals surface area contributed by atoms with Crippen LogP contribution in [0.1, 0.15) is 26.7 Å². The Balaban J connectivity index is 2.09. The Morgan fingerprint density at radius 1 is 1.38 bits per heavy atom. The smallest absolute Gasteiger partial charge is 0.146 e. The second-order valence-corrected chi connectivity index (χ2v) is 6.50. The molecule has 0 amide bonds. The van der Waals surface area contributed by atoms with Crippen LogP contribution in [0, 0.1) is 11.2 Å². The molecule has 1 aliphatic heterocycles. The Morgan fingerprint density at radius 3 is 2.76 bits per heavy atom. The maximum Gasteiger partial charge on any atom is 0.146 e. The van der Waals surface area contributed by atoms with Crippen LogP contribution in [0.4, 0.5) is 10.1 Å². The van der Waals surface area contributed by atoms with Gasteiger partial charge in [0.25, 0.3) is 0 Å². The van der Waals surface area contributed by atoms with Gasteiger partial charge in [0.15, 0.2) is 0 Å². The molecule has 0 aromatic heterocycles. The van der Waals surface area contributed by atoms with E-state index >= 15 is 0 Å². The lowest BCUT2D eigenvalue weighted by Crippen LogP contribution is -2.49. The summed E-state index contributed by atoms with van der Waals surface area (Å²) in [4.78, 5) is 2.02. The molecular weight excluding hydrogens is 267 g/mol. The normalized spacial score (nSPS) is 22.5. The third kappa shape index (κ3) is 4.42. The molecule has 1 N–H and O–H groups in total. The third-order valence-electron chi connectivity index (χ3n) is 4.13. The molecule has 1 saturated heterocycles. The van der Waals surface area contributed by atoms with Crippen LogP contribution in [0.15, 0.2) is 24.3 Å². The van der Waals surface area contributed by atoms with Crippen molar-refractivity contribution < 1.29 is 9.13 Å². The highest BCUT2D eigenvalue weighted by Crippen LogP contribution is 2.31. The van der Waals surface area contributed by atoms with E-state index < -0.39 is 0 Å². The molecule has 1 aliphatic rings. The predicted molar refractivity (Wildman–Crippen MR) is 85.3 cm³/mol. The fourth-order valence-electron chi connectivity index (χ4n) is 3.00. The largest absolute Gasteiger partial charge is 0.381 e. The molecule has 1 aromatic rings. The minimum Gasteiger partial charge on any atom is -0.381 e. The van der Waals surface area contributed by atoms with Crippen LogP contribution in [0.2, 0.25) is 0 Å². The molecule has 1 aromatic carbocycles. The lowest BCUT2D eigenvalue weighted by Gasteiger charge is -2.41. The zero-order valence-corrected chi connectivity index (χ0v) is 13.4. The number of rotatable bonds is 6. The van der Waals surface area contributed by atoms with Crippen molar-refractivity contribution in [1.82, 2.24) is 5.32 Å². The number of halogens is 1. The number of anilines is 1. The van der Waals surface area contributed by atoms with Gasteiger partial charge in [0.1, 0.15) is 5.82 Å². The van der Waals surface area contributed by atoms with Gasteiger partial charge in [0.05, 0.1) is 12.3 Å². The van der Waals surface area contributed by atoms with E-state index in [0.717, 1.165) is 39.1 Å². The SMILES string of the molecule is CC(C)NCC1(CN(C)c2ccccc2F)CCCOC1. The standard InChI is InChI=1S/C17H27FN2O/c1-14(2)19-11-17(9-6-10-21-13-17)12-20(3)16-8-5-4-7-15(16)18/h4-5,7-8,14,19H,6,9-13H2,1-3H3. The highest BCUT2D eigenvalue weighted by atomic mass is 19.1. The first kappa shape index (κ1) is 16.2. The Morgan fingerprint density at radius 2 is 2.14 bits per heavy atom. The van der Waals surface area contributed by atoms with Gasteiger partial charge in [-0.1, -0.05) is 26.0 Å². The first-order valence-corrected chi connectivity index (χ1v) is 7.79. The van der Waals surface area contributed by atoms with E-state index in [-0.39, 0.29) is 11.2 Å². The molecule has 1 atom stereocenters. The number of nitrogens with zero attached hydrogens (tertiary/aromatic N) is 1. The second kappa shape index (κ2) is 7.23. The summed E-state index contributed by atoms with van der Waals surface area (Å²) in [6, 6.07) is 7.41. The molecular formula is C17H27FN2O. The highest BCUT2D eigenvalue weighted by Gasteiger charge is 2.34. The summed E-state index contributed by atoms with van der Waals surface area (Å²) in [5.41, 5.74) is 0.714. The second-order valence-electron chi connectivity index (χ2n) is 6.50. The molecule has 4 heteroatoms. The number of hydrogen-bond donors (Lipinski definition) is 1. The van der Waals surface area contributed by atoms with Gasteiger partial charge in [-0.2, -0.15) is 0 Å². The van der Waals surface area contributed by atoms with Crippen molar-refractivity contribution in [3.8, 4) is 0 Å². The number of nitrogens with one attached hydrogen (secondary N) is 1.